The van der Waals surface area contributed by atoms with Gasteiger partial charge in [0, 0.05) is 5.56 Å². The number of Topliss-reactive ketones (excluding diaryl/α,β-unsaturated/α-hetero) is 1. The Morgan fingerprint density at radius 1 is 1.23 bits per heavy atom. The molecule has 0 aromatic heterocycles. The van der Waals surface area contributed by atoms with Gasteiger partial charge in [0.15, 0.2) is 5.78 Å². The van der Waals surface area contributed by atoms with Crippen LogP contribution in [0.3, 0.4) is 0 Å². The van der Waals surface area contributed by atoms with Gasteiger partial charge < -0.3 is 0 Å². The van der Waals surface area contributed by atoms with E-state index < -0.39 is 0 Å². The fraction of sp³-hybridized carbons (Fsp3) is 0.100. The molecule has 0 heterocycles. The van der Waals surface area contributed by atoms with Gasteiger partial charge in [-0.2, -0.15) is 0 Å². The van der Waals surface area contributed by atoms with Crippen LogP contribution in [0.2, 0.25) is 0 Å². The summed E-state index contributed by atoms with van der Waals surface area (Å²) in [4.78, 5) is 10.9. The van der Waals surface area contributed by atoms with E-state index in [1.54, 1.807) is 6.92 Å². The van der Waals surface area contributed by atoms with Crippen molar-refractivity contribution in [3.63, 3.8) is 0 Å². The normalized spacial score (nSPS) is 9.46. The Balaban J connectivity index is 2.94. The van der Waals surface area contributed by atoms with E-state index in [1.807, 2.05) is 30.3 Å². The Labute approximate surface area is 94.1 Å². The minimum atomic E-state index is 0.0911. The molecule has 0 fully saturated rings. The first-order valence-electron chi connectivity index (χ1n) is 3.73. The molecule has 13 heavy (non-hydrogen) atoms. The molecule has 1 aromatic carbocycles. The molecule has 0 spiro atoms. The number of hydrogen-bond donors (Lipinski definition) is 0. The van der Waals surface area contributed by atoms with E-state index in [0.29, 0.717) is 0 Å². The molecular weight excluding hydrogens is 296 g/mol. The third-order valence-electron chi connectivity index (χ3n) is 1.59. The SMILES string of the molecule is CC(=O)c1ccc(C=C(Br)Br)cc1. The van der Waals surface area contributed by atoms with Crippen LogP contribution in [0.15, 0.2) is 27.7 Å². The van der Waals surface area contributed by atoms with Gasteiger partial charge in [-0.25, -0.2) is 0 Å². The molecule has 1 nitrogen and oxygen atoms in total. The zero-order valence-electron chi connectivity index (χ0n) is 7.05. The molecule has 0 atom stereocenters. The molecule has 0 saturated carbocycles. The van der Waals surface area contributed by atoms with Crippen LogP contribution in [0, 0.1) is 0 Å². The first-order valence-corrected chi connectivity index (χ1v) is 5.32. The summed E-state index contributed by atoms with van der Waals surface area (Å²) >= 11 is 6.54. The smallest absolute Gasteiger partial charge is 0.159 e. The Kier molecular flexibility index (Phi) is 3.88. The lowest BCUT2D eigenvalue weighted by Crippen LogP contribution is -1.90. The third kappa shape index (κ3) is 3.44. The summed E-state index contributed by atoms with van der Waals surface area (Å²) in [5, 5.41) is 0. The summed E-state index contributed by atoms with van der Waals surface area (Å²) in [6.45, 7) is 1.56. The van der Waals surface area contributed by atoms with E-state index in [1.165, 1.54) is 0 Å². The molecule has 0 aliphatic rings. The second-order valence-electron chi connectivity index (χ2n) is 2.61. The largest absolute Gasteiger partial charge is 0.295 e. The molecule has 0 aliphatic carbocycles. The van der Waals surface area contributed by atoms with E-state index in [9.17, 15) is 4.79 Å². The van der Waals surface area contributed by atoms with Crippen LogP contribution in [-0.4, -0.2) is 5.78 Å². The Morgan fingerprint density at radius 3 is 2.15 bits per heavy atom. The van der Waals surface area contributed by atoms with E-state index in [2.05, 4.69) is 31.9 Å². The molecule has 0 unspecified atom stereocenters. The number of benzene rings is 1. The van der Waals surface area contributed by atoms with Crippen molar-refractivity contribution in [2.75, 3.05) is 0 Å². The lowest BCUT2D eigenvalue weighted by molar-refractivity contribution is 0.101. The predicted octanol–water partition coefficient (Wildman–Crippen LogP) is 3.98. The van der Waals surface area contributed by atoms with Crippen LogP contribution in [0.1, 0.15) is 22.8 Å². The van der Waals surface area contributed by atoms with Crippen molar-refractivity contribution in [2.24, 2.45) is 0 Å². The van der Waals surface area contributed by atoms with Gasteiger partial charge in [0.1, 0.15) is 0 Å². The molecular formula is C10H8Br2O. The van der Waals surface area contributed by atoms with E-state index in [0.717, 1.165) is 14.5 Å². The number of rotatable bonds is 2. The number of hydrogen-bond acceptors (Lipinski definition) is 1. The van der Waals surface area contributed by atoms with E-state index in [-0.39, 0.29) is 5.78 Å². The Bertz CT molecular complexity index is 334. The van der Waals surface area contributed by atoms with Gasteiger partial charge in [-0.05, 0) is 50.4 Å². The van der Waals surface area contributed by atoms with Gasteiger partial charge in [-0.3, -0.25) is 4.79 Å². The summed E-state index contributed by atoms with van der Waals surface area (Å²) in [5.74, 6) is 0.0911. The maximum atomic E-state index is 10.9. The Hall–Kier alpha value is -0.410. The van der Waals surface area contributed by atoms with E-state index >= 15 is 0 Å². The molecule has 1 rings (SSSR count). The topological polar surface area (TPSA) is 17.1 Å². The van der Waals surface area contributed by atoms with Gasteiger partial charge in [0.05, 0.1) is 3.39 Å². The van der Waals surface area contributed by atoms with Gasteiger partial charge in [-0.1, -0.05) is 24.3 Å². The van der Waals surface area contributed by atoms with Crippen molar-refractivity contribution < 1.29 is 4.79 Å². The maximum Gasteiger partial charge on any atom is 0.159 e. The average molecular weight is 304 g/mol. The molecule has 0 aliphatic heterocycles. The minimum Gasteiger partial charge on any atom is -0.295 e. The highest BCUT2D eigenvalue weighted by atomic mass is 79.9. The van der Waals surface area contributed by atoms with Crippen molar-refractivity contribution in [3.8, 4) is 0 Å². The summed E-state index contributed by atoms with van der Waals surface area (Å²) in [6, 6.07) is 7.44. The zero-order valence-corrected chi connectivity index (χ0v) is 10.2. The molecule has 0 saturated heterocycles. The van der Waals surface area contributed by atoms with E-state index in [4.69, 9.17) is 0 Å². The number of carbonyl (C=O) groups excluding carboxylic acids is 1. The highest BCUT2D eigenvalue weighted by molar-refractivity contribution is 9.28. The number of halogens is 2. The zero-order chi connectivity index (χ0) is 9.84. The lowest BCUT2D eigenvalue weighted by Gasteiger charge is -1.96. The van der Waals surface area contributed by atoms with Gasteiger partial charge in [-0.15, -0.1) is 0 Å². The molecule has 0 radical (unpaired) electrons. The molecule has 0 bridgehead atoms. The second kappa shape index (κ2) is 4.72. The standard InChI is InChI=1S/C10H8Br2O/c1-7(13)9-4-2-8(3-5-9)6-10(11)12/h2-6H,1H3. The second-order valence-corrected chi connectivity index (χ2v) is 5.38. The van der Waals surface area contributed by atoms with Gasteiger partial charge >= 0.3 is 0 Å². The predicted molar refractivity (Wildman–Crippen MR) is 62.3 cm³/mol. The summed E-state index contributed by atoms with van der Waals surface area (Å²) in [6.07, 6.45) is 1.92. The highest BCUT2D eigenvalue weighted by Gasteiger charge is 1.97. The highest BCUT2D eigenvalue weighted by Crippen LogP contribution is 2.18. The average Bonchev–Trinajstić information content (AvgIpc) is 2.04. The van der Waals surface area contributed by atoms with Crippen LogP contribution in [-0.2, 0) is 0 Å². The number of carbonyl (C=O) groups is 1. The van der Waals surface area contributed by atoms with Crippen molar-refractivity contribution in [3.05, 3.63) is 38.8 Å². The van der Waals surface area contributed by atoms with Crippen molar-refractivity contribution in [1.82, 2.24) is 0 Å². The fourth-order valence-corrected chi connectivity index (χ4v) is 1.47. The molecule has 68 valence electrons. The van der Waals surface area contributed by atoms with Crippen LogP contribution < -0.4 is 0 Å². The van der Waals surface area contributed by atoms with Gasteiger partial charge in [0.25, 0.3) is 0 Å². The summed E-state index contributed by atoms with van der Waals surface area (Å²) < 4.78 is 0.885. The fourth-order valence-electron chi connectivity index (χ4n) is 0.940. The first kappa shape index (κ1) is 10.7. The van der Waals surface area contributed by atoms with Crippen LogP contribution in [0.4, 0.5) is 0 Å². The first-order chi connectivity index (χ1) is 6.09. The van der Waals surface area contributed by atoms with Gasteiger partial charge in [0.2, 0.25) is 0 Å². The molecule has 0 N–H and O–H groups in total. The van der Waals surface area contributed by atoms with Crippen LogP contribution in [0.25, 0.3) is 6.08 Å². The maximum absolute atomic E-state index is 10.9. The van der Waals surface area contributed by atoms with Crippen LogP contribution >= 0.6 is 31.9 Å². The van der Waals surface area contributed by atoms with Crippen LogP contribution in [0.5, 0.6) is 0 Å². The number of ketones is 1. The minimum absolute atomic E-state index is 0.0911. The van der Waals surface area contributed by atoms with Crippen molar-refractivity contribution in [1.29, 1.82) is 0 Å². The molecule has 3 heteroatoms. The Morgan fingerprint density at radius 2 is 1.77 bits per heavy atom. The molecule has 0 amide bonds. The summed E-state index contributed by atoms with van der Waals surface area (Å²) in [7, 11) is 0. The quantitative estimate of drug-likeness (QED) is 0.755. The van der Waals surface area contributed by atoms with Crippen molar-refractivity contribution in [2.45, 2.75) is 6.92 Å². The lowest BCUT2D eigenvalue weighted by atomic mass is 10.1. The van der Waals surface area contributed by atoms with Crippen molar-refractivity contribution >= 4 is 43.7 Å². The summed E-state index contributed by atoms with van der Waals surface area (Å²) in [5.41, 5.74) is 1.79. The molecule has 1 aromatic rings. The monoisotopic (exact) mass is 302 g/mol. The third-order valence-corrected chi connectivity index (χ3v) is 2.05.